The van der Waals surface area contributed by atoms with Crippen LogP contribution in [0, 0.1) is 5.92 Å². The molecule has 1 aromatic carbocycles. The summed E-state index contributed by atoms with van der Waals surface area (Å²) in [5.41, 5.74) is 1.42. The first-order valence-corrected chi connectivity index (χ1v) is 9.93. The van der Waals surface area contributed by atoms with Crippen LogP contribution in [-0.2, 0) is 17.1 Å². The molecule has 1 aliphatic rings. The number of carbonyl (C=O) groups excluding carboxylic acids is 1. The molecule has 9 heteroatoms. The Morgan fingerprint density at radius 3 is 2.88 bits per heavy atom. The summed E-state index contributed by atoms with van der Waals surface area (Å²) < 4.78 is 31.2. The third-order valence-corrected chi connectivity index (χ3v) is 5.83. The van der Waals surface area contributed by atoms with Gasteiger partial charge in [0.05, 0.1) is 11.8 Å². The molecule has 1 amide bonds. The molecule has 8 nitrogen and oxygen atoms in total. The van der Waals surface area contributed by atoms with Crippen LogP contribution in [0.1, 0.15) is 23.2 Å². The maximum absolute atomic E-state index is 12.4. The standard InChI is InChI=1S/C16H21N3O5S/c1-18-13-8-12(5-6-14(13)24-16(18)21)15(20)17-9-11-4-3-7-19(10-11)25(2,22)23/h5-6,8,11H,3-4,7,9-10H2,1-2H3,(H,17,20). The molecule has 136 valence electrons. The minimum atomic E-state index is -3.20. The second kappa shape index (κ2) is 6.64. The van der Waals surface area contributed by atoms with E-state index in [0.29, 0.717) is 36.3 Å². The zero-order chi connectivity index (χ0) is 18.2. The number of hydrogen-bond acceptors (Lipinski definition) is 5. The highest BCUT2D eigenvalue weighted by molar-refractivity contribution is 7.88. The lowest BCUT2D eigenvalue weighted by molar-refractivity contribution is 0.0941. The van der Waals surface area contributed by atoms with Crippen LogP contribution in [-0.4, -0.2) is 49.1 Å². The number of nitrogens with zero attached hydrogens (tertiary/aromatic N) is 2. The molecule has 0 spiro atoms. The fraction of sp³-hybridized carbons (Fsp3) is 0.500. The summed E-state index contributed by atoms with van der Waals surface area (Å²) in [7, 11) is -1.62. The van der Waals surface area contributed by atoms with Crippen LogP contribution in [0.4, 0.5) is 0 Å². The van der Waals surface area contributed by atoms with Crippen LogP contribution in [0.25, 0.3) is 11.1 Å². The number of nitrogens with one attached hydrogen (secondary N) is 1. The van der Waals surface area contributed by atoms with Crippen molar-refractivity contribution in [3.8, 4) is 0 Å². The number of aryl methyl sites for hydroxylation is 1. The third kappa shape index (κ3) is 3.77. The van der Waals surface area contributed by atoms with Crippen LogP contribution < -0.4 is 11.1 Å². The molecule has 1 unspecified atom stereocenters. The Morgan fingerprint density at radius 1 is 1.40 bits per heavy atom. The van der Waals surface area contributed by atoms with Crippen molar-refractivity contribution < 1.29 is 17.6 Å². The van der Waals surface area contributed by atoms with E-state index in [9.17, 15) is 18.0 Å². The van der Waals surface area contributed by atoms with Gasteiger partial charge in [-0.25, -0.2) is 17.5 Å². The maximum Gasteiger partial charge on any atom is 0.419 e. The lowest BCUT2D eigenvalue weighted by atomic mass is 9.99. The first kappa shape index (κ1) is 17.7. The van der Waals surface area contributed by atoms with Gasteiger partial charge < -0.3 is 9.73 Å². The first-order valence-electron chi connectivity index (χ1n) is 8.08. The molecular formula is C16H21N3O5S. The number of oxazole rings is 1. The predicted molar refractivity (Wildman–Crippen MR) is 92.9 cm³/mol. The van der Waals surface area contributed by atoms with Crippen LogP contribution >= 0.6 is 0 Å². The highest BCUT2D eigenvalue weighted by Gasteiger charge is 2.26. The van der Waals surface area contributed by atoms with Gasteiger partial charge >= 0.3 is 5.76 Å². The van der Waals surface area contributed by atoms with Crippen molar-refractivity contribution in [2.24, 2.45) is 13.0 Å². The molecule has 2 aromatic rings. The van der Waals surface area contributed by atoms with Crippen molar-refractivity contribution >= 4 is 27.0 Å². The Bertz CT molecular complexity index is 960. The van der Waals surface area contributed by atoms with E-state index in [1.54, 1.807) is 25.2 Å². The summed E-state index contributed by atoms with van der Waals surface area (Å²) in [4.78, 5) is 23.9. The Labute approximate surface area is 145 Å². The molecule has 1 N–H and O–H groups in total. The summed E-state index contributed by atoms with van der Waals surface area (Å²) in [5.74, 6) is -0.642. The average molecular weight is 367 g/mol. The SMILES string of the molecule is Cn1c(=O)oc2ccc(C(=O)NCC3CCCN(S(C)(=O)=O)C3)cc21. The third-order valence-electron chi connectivity index (χ3n) is 4.56. The van der Waals surface area contributed by atoms with Crippen LogP contribution in [0.2, 0.25) is 0 Å². The molecule has 1 aromatic heterocycles. The molecule has 0 bridgehead atoms. The van der Waals surface area contributed by atoms with Crippen LogP contribution in [0.15, 0.2) is 27.4 Å². The predicted octanol–water partition coefficient (Wildman–Crippen LogP) is 0.533. The molecule has 0 saturated carbocycles. The van der Waals surface area contributed by atoms with E-state index >= 15 is 0 Å². The topological polar surface area (TPSA) is 102 Å². The van der Waals surface area contributed by atoms with Gasteiger partial charge in [-0.1, -0.05) is 0 Å². The number of aromatic nitrogens is 1. The number of hydrogen-bond donors (Lipinski definition) is 1. The largest absolute Gasteiger partial charge is 0.419 e. The number of piperidine rings is 1. The highest BCUT2D eigenvalue weighted by Crippen LogP contribution is 2.18. The normalized spacial score (nSPS) is 19.2. The second-order valence-corrected chi connectivity index (χ2v) is 8.43. The minimum absolute atomic E-state index is 0.0921. The van der Waals surface area contributed by atoms with Crippen molar-refractivity contribution in [2.45, 2.75) is 12.8 Å². The Hall–Kier alpha value is -2.13. The van der Waals surface area contributed by atoms with E-state index < -0.39 is 15.8 Å². The number of amides is 1. The zero-order valence-corrected chi connectivity index (χ0v) is 15.0. The molecule has 0 aliphatic carbocycles. The monoisotopic (exact) mass is 367 g/mol. The fourth-order valence-corrected chi connectivity index (χ4v) is 4.04. The van der Waals surface area contributed by atoms with Gasteiger partial charge in [-0.05, 0) is 37.0 Å². The Morgan fingerprint density at radius 2 is 2.16 bits per heavy atom. The first-order chi connectivity index (χ1) is 11.8. The van der Waals surface area contributed by atoms with Gasteiger partial charge in [0.15, 0.2) is 5.58 Å². The smallest absolute Gasteiger partial charge is 0.408 e. The van der Waals surface area contributed by atoms with Gasteiger partial charge in [0, 0.05) is 32.2 Å². The summed E-state index contributed by atoms with van der Waals surface area (Å²) in [6, 6.07) is 4.81. The number of benzene rings is 1. The van der Waals surface area contributed by atoms with E-state index in [-0.39, 0.29) is 11.8 Å². The van der Waals surface area contributed by atoms with Crippen molar-refractivity contribution in [3.63, 3.8) is 0 Å². The quantitative estimate of drug-likeness (QED) is 0.849. The zero-order valence-electron chi connectivity index (χ0n) is 14.2. The Balaban J connectivity index is 1.66. The van der Waals surface area contributed by atoms with E-state index in [1.165, 1.54) is 15.1 Å². The van der Waals surface area contributed by atoms with E-state index in [0.717, 1.165) is 12.8 Å². The lowest BCUT2D eigenvalue weighted by Crippen LogP contribution is -2.43. The lowest BCUT2D eigenvalue weighted by Gasteiger charge is -2.30. The van der Waals surface area contributed by atoms with Crippen molar-refractivity contribution in [1.29, 1.82) is 0 Å². The number of rotatable bonds is 4. The molecule has 1 fully saturated rings. The molecule has 25 heavy (non-hydrogen) atoms. The van der Waals surface area contributed by atoms with Gasteiger partial charge in [-0.3, -0.25) is 9.36 Å². The average Bonchev–Trinajstić information content (AvgIpc) is 2.86. The summed E-state index contributed by atoms with van der Waals surface area (Å²) in [5, 5.41) is 2.85. The van der Waals surface area contributed by atoms with Gasteiger partial charge in [-0.15, -0.1) is 0 Å². The van der Waals surface area contributed by atoms with Crippen molar-refractivity contribution in [3.05, 3.63) is 34.3 Å². The van der Waals surface area contributed by atoms with Gasteiger partial charge in [-0.2, -0.15) is 0 Å². The maximum atomic E-state index is 12.4. The molecule has 3 rings (SSSR count). The summed E-state index contributed by atoms with van der Waals surface area (Å²) >= 11 is 0. The van der Waals surface area contributed by atoms with Crippen LogP contribution in [0.3, 0.4) is 0 Å². The number of carbonyl (C=O) groups is 1. The van der Waals surface area contributed by atoms with E-state index in [2.05, 4.69) is 5.32 Å². The van der Waals surface area contributed by atoms with E-state index in [1.807, 2.05) is 0 Å². The Kier molecular flexibility index (Phi) is 4.70. The molecule has 1 atom stereocenters. The van der Waals surface area contributed by atoms with Crippen molar-refractivity contribution in [2.75, 3.05) is 25.9 Å². The van der Waals surface area contributed by atoms with Crippen LogP contribution in [0.5, 0.6) is 0 Å². The number of sulfonamides is 1. The molecule has 1 aliphatic heterocycles. The van der Waals surface area contributed by atoms with Crippen molar-refractivity contribution in [1.82, 2.24) is 14.2 Å². The van der Waals surface area contributed by atoms with E-state index in [4.69, 9.17) is 4.42 Å². The minimum Gasteiger partial charge on any atom is -0.408 e. The molecule has 1 saturated heterocycles. The van der Waals surface area contributed by atoms with Gasteiger partial charge in [0.1, 0.15) is 0 Å². The fourth-order valence-electron chi connectivity index (χ4n) is 3.10. The molecule has 0 radical (unpaired) electrons. The second-order valence-electron chi connectivity index (χ2n) is 6.45. The molecular weight excluding hydrogens is 346 g/mol. The number of fused-ring (bicyclic) bond motifs is 1. The van der Waals surface area contributed by atoms with Gasteiger partial charge in [0.2, 0.25) is 10.0 Å². The highest BCUT2D eigenvalue weighted by atomic mass is 32.2. The summed E-state index contributed by atoms with van der Waals surface area (Å²) in [6.45, 7) is 1.37. The molecule has 2 heterocycles. The van der Waals surface area contributed by atoms with Gasteiger partial charge in [0.25, 0.3) is 5.91 Å². The summed E-state index contributed by atoms with van der Waals surface area (Å²) in [6.07, 6.45) is 2.87.